The molecule has 2 fully saturated rings. The molecule has 7 aliphatic rings. The van der Waals surface area contributed by atoms with E-state index >= 15 is 4.55 Å². The molecule has 75 heavy (non-hydrogen) atoms. The molecule has 1 aromatic heterocycles. The van der Waals surface area contributed by atoms with Gasteiger partial charge in [0, 0.05) is 53.5 Å². The van der Waals surface area contributed by atoms with Crippen molar-refractivity contribution in [3.63, 3.8) is 0 Å². The molecule has 7 heterocycles. The highest BCUT2D eigenvalue weighted by molar-refractivity contribution is 7.91. The molecule has 25 heteroatoms. The molecule has 13 N–H and O–H groups in total. The summed E-state index contributed by atoms with van der Waals surface area (Å²) in [5.74, 6) is -10.5. The number of fused-ring (bicyclic) bond motifs is 6. The molecule has 6 aliphatic heterocycles. The van der Waals surface area contributed by atoms with Crippen molar-refractivity contribution < 1.29 is 62.7 Å². The molecule has 24 nitrogen and oxygen atoms in total. The van der Waals surface area contributed by atoms with Crippen molar-refractivity contribution in [1.29, 1.82) is 0 Å². The average molecular weight is 1070 g/mol. The molecule has 1 saturated heterocycles. The van der Waals surface area contributed by atoms with Gasteiger partial charge in [-0.05, 0) is 69.2 Å². The van der Waals surface area contributed by atoms with E-state index in [1.165, 1.54) is 0 Å². The molecule has 12 atom stereocenters. The van der Waals surface area contributed by atoms with Crippen LogP contribution in [0.25, 0.3) is 10.9 Å². The van der Waals surface area contributed by atoms with E-state index in [1.54, 1.807) is 25.1 Å². The number of hydrogen-bond acceptors (Lipinski definition) is 14. The highest BCUT2D eigenvalue weighted by Gasteiger charge is 2.46. The lowest BCUT2D eigenvalue weighted by Gasteiger charge is -2.34. The number of carbonyl (C=O) groups is 9. The quantitative estimate of drug-likeness (QED) is 0.0720. The summed E-state index contributed by atoms with van der Waals surface area (Å²) in [6.07, 6.45) is 2.30. The summed E-state index contributed by atoms with van der Waals surface area (Å²) in [5.41, 5.74) is 6.19. The Hall–Kier alpha value is -6.02. The zero-order valence-corrected chi connectivity index (χ0v) is 43.5. The monoisotopic (exact) mass is 1070 g/mol. The summed E-state index contributed by atoms with van der Waals surface area (Å²) in [7, 11) is 1.83. The third-order valence-electron chi connectivity index (χ3n) is 15.4. The third-order valence-corrected chi connectivity index (χ3v) is 16.9. The first-order chi connectivity index (χ1) is 35.8. The van der Waals surface area contributed by atoms with E-state index in [4.69, 9.17) is 10.5 Å². The van der Waals surface area contributed by atoms with Crippen LogP contribution in [0.3, 0.4) is 0 Å². The van der Waals surface area contributed by atoms with Crippen LogP contribution in [-0.2, 0) is 60.7 Å². The van der Waals surface area contributed by atoms with Gasteiger partial charge in [-0.1, -0.05) is 46.0 Å². The Morgan fingerprint density at radius 2 is 1.65 bits per heavy atom. The number of rotatable bonds is 13. The van der Waals surface area contributed by atoms with Gasteiger partial charge in [-0.3, -0.25) is 43.2 Å². The number of nitrogens with zero attached hydrogens (tertiary/aromatic N) is 1. The number of aliphatic hydroxyl groups excluding tert-OH is 2. The smallest absolute Gasteiger partial charge is 0.248 e. The molecule has 412 valence electrons. The first-order valence-electron chi connectivity index (χ1n) is 26.2. The Balaban J connectivity index is 1.40. The van der Waals surface area contributed by atoms with E-state index < -0.39 is 163 Å². The van der Waals surface area contributed by atoms with E-state index in [1.807, 2.05) is 14.0 Å². The van der Waals surface area contributed by atoms with Gasteiger partial charge >= 0.3 is 0 Å². The Labute approximate surface area is 437 Å². The van der Waals surface area contributed by atoms with Crippen molar-refractivity contribution in [1.82, 2.24) is 52.4 Å². The van der Waals surface area contributed by atoms with E-state index in [0.29, 0.717) is 48.3 Å². The standard InChI is InChI=1S/C50H73N11O13S/c1-4-30-27(10-5-6-15-52-3)23-74-29-12-13-31-32-18-34-44(67)53-21-41(66)59-43(30)47(70)54-20-40(65)55-36(24-75(73)49(32)58-33(31)17-29)45(68)57-35(19-39(51)64)50(72)61-22-28(62)16-37(61)46(69)60-42(48(71)56-34)25(2)38(63)14-11-26-8-7-9-26/h12-13,17,25-28,30,34-38,42-43,52,58,62-63H,4-11,14-16,18-24H2,1-3H3,(H2,51,64)(H,53,67)(H,54,70)(H,55,65)(H,56,71)(H,57,68)(H,59,66)(H,60,69)/t25-,27?,28+,30+,34-,35-,36-,37-,38-,42-,43-,75?/m0/s1. The van der Waals surface area contributed by atoms with Gasteiger partial charge in [-0.15, -0.1) is 0 Å². The first kappa shape index (κ1) is 56.7. The molecule has 1 saturated carbocycles. The van der Waals surface area contributed by atoms with E-state index in [2.05, 4.69) is 47.5 Å². The van der Waals surface area contributed by atoms with Crippen LogP contribution in [0.15, 0.2) is 23.2 Å². The number of benzene rings is 1. The number of aromatic amines is 1. The normalized spacial score (nSPS) is 29.6. The molecule has 0 radical (unpaired) electrons. The van der Waals surface area contributed by atoms with Crippen LogP contribution in [-0.4, -0.2) is 172 Å². The van der Waals surface area contributed by atoms with Crippen LogP contribution in [0.1, 0.15) is 90.0 Å². The van der Waals surface area contributed by atoms with Crippen LogP contribution in [0.5, 0.6) is 5.75 Å². The van der Waals surface area contributed by atoms with Gasteiger partial charge in [-0.2, -0.15) is 0 Å². The molecule has 1 aliphatic carbocycles. The fourth-order valence-electron chi connectivity index (χ4n) is 10.9. The van der Waals surface area contributed by atoms with Crippen LogP contribution in [0, 0.1) is 23.7 Å². The molecule has 1 aromatic carbocycles. The van der Waals surface area contributed by atoms with Crippen LogP contribution >= 0.6 is 0 Å². The van der Waals surface area contributed by atoms with Crippen molar-refractivity contribution in [3.05, 3.63) is 23.8 Å². The fourth-order valence-corrected chi connectivity index (χ4v) is 12.3. The molecular weight excluding hydrogens is 995 g/mol. The number of primary amides is 1. The second kappa shape index (κ2) is 25.7. The number of H-pyrrole nitrogens is 1. The third kappa shape index (κ3) is 14.1. The minimum absolute atomic E-state index is 0.0461. The predicted molar refractivity (Wildman–Crippen MR) is 271 cm³/mol. The zero-order valence-electron chi connectivity index (χ0n) is 42.7. The second-order valence-corrected chi connectivity index (χ2v) is 22.1. The van der Waals surface area contributed by atoms with E-state index in [-0.39, 0.29) is 36.0 Å². The Kier molecular flexibility index (Phi) is 19.4. The SMILES string of the molecule is CC[C@@H]1C(CCCCNC)COc2ccc3c4c([nH]c3c2)[S+]([O-])C[C@@H]2NC(=O)CNC(=O)[C@H]1NC(=O)CNC(=O)[C@H](C4)NC(=O)[C@H]([C@@H](C)[C@@H](O)CCC1CCC1)NC(=O)[C@@H]1C[C@@H](O)CN1C(=O)[C@H](CC(N)=O)NC2=O. The number of hydrogen-bond donors (Lipinski definition) is 12. The number of amides is 9. The summed E-state index contributed by atoms with van der Waals surface area (Å²) >= 11 is -2.32. The lowest BCUT2D eigenvalue weighted by atomic mass is 9.80. The maximum atomic E-state index is 15.0. The Morgan fingerprint density at radius 1 is 0.920 bits per heavy atom. The van der Waals surface area contributed by atoms with Crippen molar-refractivity contribution in [3.8, 4) is 5.75 Å². The summed E-state index contributed by atoms with van der Waals surface area (Å²) < 4.78 is 21.5. The number of aliphatic hydroxyl groups is 2. The van der Waals surface area contributed by atoms with Crippen molar-refractivity contribution >= 4 is 75.2 Å². The zero-order chi connectivity index (χ0) is 54.1. The van der Waals surface area contributed by atoms with E-state index in [0.717, 1.165) is 37.1 Å². The predicted octanol–water partition coefficient (Wildman–Crippen LogP) is -2.66. The summed E-state index contributed by atoms with van der Waals surface area (Å²) in [6.45, 7) is 2.32. The molecule has 9 amide bonds. The lowest BCUT2D eigenvalue weighted by Crippen LogP contribution is -2.62. The molecule has 0 spiro atoms. The molecular formula is C50H73N11O13S. The van der Waals surface area contributed by atoms with Crippen LogP contribution in [0.2, 0.25) is 0 Å². The summed E-state index contributed by atoms with van der Waals surface area (Å²) in [4.78, 5) is 132. The minimum Gasteiger partial charge on any atom is -0.610 e. The van der Waals surface area contributed by atoms with Crippen molar-refractivity contribution in [2.75, 3.05) is 45.6 Å². The number of nitrogens with one attached hydrogen (secondary N) is 9. The summed E-state index contributed by atoms with van der Waals surface area (Å²) in [6, 6.07) is -4.57. The number of carbonyl (C=O) groups excluding carboxylic acids is 9. The highest BCUT2D eigenvalue weighted by atomic mass is 32.2. The average Bonchev–Trinajstić information content (AvgIpc) is 3.93. The molecule has 9 rings (SSSR count). The van der Waals surface area contributed by atoms with Crippen molar-refractivity contribution in [2.45, 2.75) is 144 Å². The van der Waals surface area contributed by atoms with Crippen molar-refractivity contribution in [2.24, 2.45) is 29.4 Å². The minimum atomic E-state index is -2.32. The van der Waals surface area contributed by atoms with Gasteiger partial charge in [0.25, 0.3) is 0 Å². The topological polar surface area (TPSA) is 368 Å². The Bertz CT molecular complexity index is 2460. The highest BCUT2D eigenvalue weighted by Crippen LogP contribution is 2.34. The molecule has 2 aromatic rings. The Morgan fingerprint density at radius 3 is 2.35 bits per heavy atom. The largest absolute Gasteiger partial charge is 0.610 e. The number of ether oxygens (including phenoxy) is 1. The van der Waals surface area contributed by atoms with Crippen LogP contribution < -0.4 is 53.0 Å². The fraction of sp³-hybridized carbons (Fsp3) is 0.660. The lowest BCUT2D eigenvalue weighted by molar-refractivity contribution is -0.144. The van der Waals surface area contributed by atoms with Gasteiger partial charge in [0.05, 0.1) is 43.8 Å². The summed E-state index contributed by atoms with van der Waals surface area (Å²) in [5, 5.41) is 44.4. The van der Waals surface area contributed by atoms with Crippen LogP contribution in [0.4, 0.5) is 0 Å². The van der Waals surface area contributed by atoms with Gasteiger partial charge in [0.2, 0.25) is 58.2 Å². The van der Waals surface area contributed by atoms with Gasteiger partial charge in [0.1, 0.15) is 41.7 Å². The number of aromatic nitrogens is 1. The maximum Gasteiger partial charge on any atom is 0.248 e. The molecule has 2 unspecified atom stereocenters. The van der Waals surface area contributed by atoms with E-state index in [9.17, 15) is 53.4 Å². The number of nitrogens with two attached hydrogens (primary N) is 1. The second-order valence-electron chi connectivity index (χ2n) is 20.7. The maximum absolute atomic E-state index is 15.0. The first-order valence-corrected chi connectivity index (χ1v) is 27.5. The van der Waals surface area contributed by atoms with Gasteiger partial charge < -0.3 is 77.7 Å². The van der Waals surface area contributed by atoms with Gasteiger partial charge in [-0.25, -0.2) is 0 Å². The number of unbranched alkanes of at least 4 members (excludes halogenated alkanes) is 1. The van der Waals surface area contributed by atoms with Gasteiger partial charge in [0.15, 0.2) is 6.04 Å². The molecule has 8 bridgehead atoms.